The van der Waals surface area contributed by atoms with E-state index in [4.69, 9.17) is 0 Å². The second-order valence-electron chi connectivity index (χ2n) is 2.61. The van der Waals surface area contributed by atoms with Crippen LogP contribution in [0, 0.1) is 10.6 Å². The lowest BCUT2D eigenvalue weighted by molar-refractivity contribution is 0.745. The maximum atomic E-state index is 4.19. The highest BCUT2D eigenvalue weighted by atomic mass is 127. The van der Waals surface area contributed by atoms with E-state index in [1.807, 2.05) is 24.7 Å². The van der Waals surface area contributed by atoms with Crippen molar-refractivity contribution in [3.63, 3.8) is 0 Å². The van der Waals surface area contributed by atoms with Crippen molar-refractivity contribution in [1.82, 2.24) is 20.0 Å². The van der Waals surface area contributed by atoms with Crippen molar-refractivity contribution >= 4 is 33.6 Å². The highest BCUT2D eigenvalue weighted by Gasteiger charge is 2.05. The minimum atomic E-state index is 0.718. The van der Waals surface area contributed by atoms with Gasteiger partial charge in [-0.15, -0.1) is 10.2 Å². The molecule has 0 atom stereocenters. The van der Waals surface area contributed by atoms with Gasteiger partial charge in [0.2, 0.25) is 5.65 Å². The number of nitrogens with zero attached hydrogens (tertiary/aromatic N) is 4. The Kier molecular flexibility index (Phi) is 1.75. The first-order valence-electron chi connectivity index (χ1n) is 3.51. The molecule has 0 aliphatic heterocycles. The molecule has 12 heavy (non-hydrogen) atoms. The molecule has 0 saturated heterocycles. The Hall–Kier alpha value is -0.720. The lowest BCUT2D eigenvalue weighted by atomic mass is 10.3. The fraction of sp³-hybridized carbons (Fsp3) is 0.286. The fourth-order valence-electron chi connectivity index (χ4n) is 1.09. The Morgan fingerprint density at radius 1 is 1.42 bits per heavy atom. The van der Waals surface area contributed by atoms with Crippen molar-refractivity contribution in [1.29, 1.82) is 0 Å². The molecule has 0 aromatic carbocycles. The van der Waals surface area contributed by atoms with E-state index in [0.717, 1.165) is 20.4 Å². The van der Waals surface area contributed by atoms with Gasteiger partial charge in [0.15, 0.2) is 0 Å². The van der Waals surface area contributed by atoms with E-state index in [-0.39, 0.29) is 0 Å². The van der Waals surface area contributed by atoms with Crippen LogP contribution in [-0.4, -0.2) is 20.0 Å². The molecular weight excluding hydrogens is 267 g/mol. The van der Waals surface area contributed by atoms with Gasteiger partial charge >= 0.3 is 0 Å². The Morgan fingerprint density at radius 2 is 2.17 bits per heavy atom. The van der Waals surface area contributed by atoms with Crippen LogP contribution < -0.4 is 0 Å². The molecule has 0 aliphatic rings. The van der Waals surface area contributed by atoms with Crippen LogP contribution in [0.1, 0.15) is 5.69 Å². The third-order valence-electron chi connectivity index (χ3n) is 1.86. The summed E-state index contributed by atoms with van der Waals surface area (Å²) in [7, 11) is 1.91. The van der Waals surface area contributed by atoms with Gasteiger partial charge in [0.05, 0.1) is 0 Å². The highest BCUT2D eigenvalue weighted by molar-refractivity contribution is 14.1. The predicted molar refractivity (Wildman–Crippen MR) is 53.8 cm³/mol. The van der Waals surface area contributed by atoms with Gasteiger partial charge in [0.25, 0.3) is 0 Å². The third-order valence-corrected chi connectivity index (χ3v) is 2.39. The molecule has 0 saturated carbocycles. The molecular formula is C7H7IN4. The van der Waals surface area contributed by atoms with Gasteiger partial charge in [-0.2, -0.15) is 5.10 Å². The van der Waals surface area contributed by atoms with E-state index in [2.05, 4.69) is 37.9 Å². The Bertz CT molecular complexity index is 434. The summed E-state index contributed by atoms with van der Waals surface area (Å²) in [5, 5.41) is 13.2. The van der Waals surface area contributed by atoms with Crippen molar-refractivity contribution < 1.29 is 0 Å². The molecule has 2 aromatic heterocycles. The number of aryl methyl sites for hydroxylation is 2. The van der Waals surface area contributed by atoms with Crippen molar-refractivity contribution in [3.8, 4) is 0 Å². The lowest BCUT2D eigenvalue weighted by Gasteiger charge is -1.90. The molecule has 2 heterocycles. The zero-order chi connectivity index (χ0) is 8.72. The van der Waals surface area contributed by atoms with E-state index in [9.17, 15) is 0 Å². The summed E-state index contributed by atoms with van der Waals surface area (Å²) < 4.78 is 2.71. The molecule has 0 bridgehead atoms. The number of hydrogen-bond acceptors (Lipinski definition) is 3. The number of rotatable bonds is 0. The minimum absolute atomic E-state index is 0.718. The van der Waals surface area contributed by atoms with E-state index >= 15 is 0 Å². The van der Waals surface area contributed by atoms with Crippen LogP contribution in [0.25, 0.3) is 11.0 Å². The van der Waals surface area contributed by atoms with Gasteiger partial charge in [-0.25, -0.2) is 0 Å². The summed E-state index contributed by atoms with van der Waals surface area (Å²) in [6, 6.07) is 1.99. The molecule has 0 unspecified atom stereocenters. The van der Waals surface area contributed by atoms with Gasteiger partial charge in [-0.3, -0.25) is 4.68 Å². The van der Waals surface area contributed by atoms with Crippen LogP contribution >= 0.6 is 22.6 Å². The summed E-state index contributed by atoms with van der Waals surface area (Å²) in [4.78, 5) is 0. The molecule has 0 amide bonds. The van der Waals surface area contributed by atoms with Crippen molar-refractivity contribution in [2.24, 2.45) is 7.05 Å². The van der Waals surface area contributed by atoms with Gasteiger partial charge in [-0.1, -0.05) is 0 Å². The van der Waals surface area contributed by atoms with Crippen LogP contribution in [0.5, 0.6) is 0 Å². The highest BCUT2D eigenvalue weighted by Crippen LogP contribution is 2.15. The molecule has 2 rings (SSSR count). The normalized spacial score (nSPS) is 10.9. The third kappa shape index (κ3) is 1.08. The Morgan fingerprint density at radius 3 is 2.92 bits per heavy atom. The van der Waals surface area contributed by atoms with Gasteiger partial charge in [0, 0.05) is 18.1 Å². The molecule has 4 nitrogen and oxygen atoms in total. The Labute approximate surface area is 83.1 Å². The summed E-state index contributed by atoms with van der Waals surface area (Å²) in [5.41, 5.74) is 1.84. The molecule has 5 heteroatoms. The minimum Gasteiger partial charge on any atom is -0.270 e. The quantitative estimate of drug-likeness (QED) is 0.680. The predicted octanol–water partition coefficient (Wildman–Crippen LogP) is 1.28. The van der Waals surface area contributed by atoms with Gasteiger partial charge in [-0.05, 0) is 35.6 Å². The van der Waals surface area contributed by atoms with Crippen molar-refractivity contribution in [2.45, 2.75) is 6.92 Å². The van der Waals surface area contributed by atoms with E-state index in [1.54, 1.807) is 0 Å². The number of halogens is 1. The first-order chi connectivity index (χ1) is 5.68. The number of hydrogen-bond donors (Lipinski definition) is 0. The SMILES string of the molecule is Cc1c2cc(I)nnc2nn1C. The molecule has 2 aromatic rings. The van der Waals surface area contributed by atoms with Crippen LogP contribution in [0.4, 0.5) is 0 Å². The summed E-state index contributed by atoms with van der Waals surface area (Å²) in [5.74, 6) is 0. The average molecular weight is 274 g/mol. The second kappa shape index (κ2) is 2.65. The summed E-state index contributed by atoms with van der Waals surface area (Å²) in [6.07, 6.45) is 0. The van der Waals surface area contributed by atoms with E-state index in [1.165, 1.54) is 0 Å². The molecule has 0 radical (unpaired) electrons. The maximum Gasteiger partial charge on any atom is 0.203 e. The average Bonchev–Trinajstić information content (AvgIpc) is 2.31. The topological polar surface area (TPSA) is 43.6 Å². The molecule has 0 fully saturated rings. The van der Waals surface area contributed by atoms with Gasteiger partial charge < -0.3 is 0 Å². The lowest BCUT2D eigenvalue weighted by Crippen LogP contribution is -1.91. The zero-order valence-electron chi connectivity index (χ0n) is 6.74. The summed E-state index contributed by atoms with van der Waals surface area (Å²) in [6.45, 7) is 2.02. The largest absolute Gasteiger partial charge is 0.270 e. The first-order valence-corrected chi connectivity index (χ1v) is 4.59. The van der Waals surface area contributed by atoms with Gasteiger partial charge in [0.1, 0.15) is 3.70 Å². The summed E-state index contributed by atoms with van der Waals surface area (Å²) >= 11 is 2.14. The fourth-order valence-corrected chi connectivity index (χ4v) is 1.51. The van der Waals surface area contributed by atoms with E-state index in [0.29, 0.717) is 0 Å². The first kappa shape index (κ1) is 7.90. The monoisotopic (exact) mass is 274 g/mol. The van der Waals surface area contributed by atoms with Crippen molar-refractivity contribution in [2.75, 3.05) is 0 Å². The van der Waals surface area contributed by atoms with Crippen LogP contribution in [-0.2, 0) is 7.05 Å². The zero-order valence-corrected chi connectivity index (χ0v) is 8.90. The van der Waals surface area contributed by atoms with E-state index < -0.39 is 0 Å². The molecule has 62 valence electrons. The van der Waals surface area contributed by atoms with Crippen LogP contribution in [0.2, 0.25) is 0 Å². The number of fused-ring (bicyclic) bond motifs is 1. The van der Waals surface area contributed by atoms with Crippen molar-refractivity contribution in [3.05, 3.63) is 15.5 Å². The standard InChI is InChI=1S/C7H7IN4/c1-4-5-3-6(8)9-10-7(5)11-12(4)2/h3H,1-2H3. The van der Waals surface area contributed by atoms with Crippen LogP contribution in [0.15, 0.2) is 6.07 Å². The molecule has 0 spiro atoms. The smallest absolute Gasteiger partial charge is 0.203 e. The molecule has 0 N–H and O–H groups in total. The Balaban J connectivity index is 2.88. The second-order valence-corrected chi connectivity index (χ2v) is 3.72. The van der Waals surface area contributed by atoms with Crippen LogP contribution in [0.3, 0.4) is 0 Å². The number of aromatic nitrogens is 4. The molecule has 0 aliphatic carbocycles. The maximum absolute atomic E-state index is 4.19.